The molecule has 226 valence electrons. The van der Waals surface area contributed by atoms with E-state index in [1.54, 1.807) is 0 Å². The Morgan fingerprint density at radius 3 is 1.97 bits per heavy atom. The lowest BCUT2D eigenvalue weighted by molar-refractivity contribution is -0.330. The highest BCUT2D eigenvalue weighted by atomic mass is 16.7. The van der Waals surface area contributed by atoms with Crippen molar-refractivity contribution < 1.29 is 59.8 Å². The molecule has 12 nitrogen and oxygen atoms in total. The van der Waals surface area contributed by atoms with Crippen molar-refractivity contribution in [3.8, 4) is 0 Å². The molecule has 0 bridgehead atoms. The van der Waals surface area contributed by atoms with Crippen LogP contribution in [0.2, 0.25) is 0 Å². The minimum atomic E-state index is -1.51. The first-order valence-corrected chi connectivity index (χ1v) is 13.8. The van der Waals surface area contributed by atoms with Crippen LogP contribution < -0.4 is 0 Å². The zero-order chi connectivity index (χ0) is 28.9. The summed E-state index contributed by atoms with van der Waals surface area (Å²) in [6, 6.07) is 0. The molecule has 4 rings (SSSR count). The summed E-state index contributed by atoms with van der Waals surface area (Å²) in [6.45, 7) is 9.27. The van der Waals surface area contributed by atoms with E-state index in [1.165, 1.54) is 0 Å². The number of hydrogen-bond acceptors (Lipinski definition) is 12. The average Bonchev–Trinajstić information content (AvgIpc) is 2.88. The van der Waals surface area contributed by atoms with Crippen molar-refractivity contribution in [2.45, 2.75) is 126 Å². The number of aliphatic hydroxyl groups excluding tert-OH is 8. The van der Waals surface area contributed by atoms with Crippen molar-refractivity contribution >= 4 is 0 Å². The summed E-state index contributed by atoms with van der Waals surface area (Å²) in [5.74, 6) is 0.200. The van der Waals surface area contributed by atoms with Crippen LogP contribution in [0.25, 0.3) is 0 Å². The Balaban J connectivity index is 1.39. The topological polar surface area (TPSA) is 199 Å². The van der Waals surface area contributed by atoms with Gasteiger partial charge in [-0.15, -0.1) is 0 Å². The predicted molar refractivity (Wildman–Crippen MR) is 135 cm³/mol. The van der Waals surface area contributed by atoms with Crippen LogP contribution in [-0.4, -0.2) is 127 Å². The molecule has 0 amide bonds. The van der Waals surface area contributed by atoms with Crippen molar-refractivity contribution in [1.29, 1.82) is 0 Å². The molecule has 0 aromatic heterocycles. The van der Waals surface area contributed by atoms with Gasteiger partial charge in [-0.25, -0.2) is 0 Å². The van der Waals surface area contributed by atoms with Crippen molar-refractivity contribution in [3.63, 3.8) is 0 Å². The van der Waals surface area contributed by atoms with Crippen LogP contribution in [-0.2, 0) is 18.9 Å². The fourth-order valence-electron chi connectivity index (χ4n) is 6.95. The Labute approximate surface area is 228 Å². The van der Waals surface area contributed by atoms with Gasteiger partial charge in [-0.1, -0.05) is 19.1 Å². The minimum absolute atomic E-state index is 0.0580. The Kier molecular flexibility index (Phi) is 9.49. The van der Waals surface area contributed by atoms with E-state index in [0.717, 1.165) is 24.8 Å². The minimum Gasteiger partial charge on any atom is -0.394 e. The van der Waals surface area contributed by atoms with Gasteiger partial charge in [-0.05, 0) is 63.2 Å². The molecule has 2 aliphatic heterocycles. The van der Waals surface area contributed by atoms with E-state index in [0.29, 0.717) is 12.8 Å². The number of rotatable bonds is 7. The molecule has 0 aromatic carbocycles. The van der Waals surface area contributed by atoms with Gasteiger partial charge in [0.05, 0.1) is 24.9 Å². The van der Waals surface area contributed by atoms with Gasteiger partial charge < -0.3 is 59.8 Å². The highest BCUT2D eigenvalue weighted by molar-refractivity contribution is 5.16. The molecule has 2 saturated carbocycles. The number of hydrogen-bond donors (Lipinski definition) is 8. The lowest BCUT2D eigenvalue weighted by Crippen LogP contribution is -2.61. The van der Waals surface area contributed by atoms with E-state index in [2.05, 4.69) is 13.5 Å². The van der Waals surface area contributed by atoms with Crippen LogP contribution in [0, 0.1) is 17.3 Å². The summed E-state index contributed by atoms with van der Waals surface area (Å²) in [7, 11) is 0. The molecule has 14 atom stereocenters. The number of aliphatic hydroxyl groups is 8. The summed E-state index contributed by atoms with van der Waals surface area (Å²) >= 11 is 0. The van der Waals surface area contributed by atoms with E-state index in [9.17, 15) is 40.9 Å². The lowest BCUT2D eigenvalue weighted by Gasteiger charge is -2.54. The standard InChI is InChI=1S/C27H46O12/c1-12-7-14(36-24-22(34)20(32)18(30)16(10-28)37-24)9-27(4)6-5-13(8-15(12)27)26(2,3)39-25-23(35)21(33)19(31)17(11-29)38-25/h13-25,28-35H,1,5-11H2,2-4H3. The van der Waals surface area contributed by atoms with Gasteiger partial charge in [0.2, 0.25) is 0 Å². The third-order valence-corrected chi connectivity index (χ3v) is 9.53. The predicted octanol–water partition coefficient (Wildman–Crippen LogP) is -1.46. The second-order valence-corrected chi connectivity index (χ2v) is 12.6. The highest BCUT2D eigenvalue weighted by Crippen LogP contribution is 2.56. The van der Waals surface area contributed by atoms with Gasteiger partial charge in [-0.2, -0.15) is 0 Å². The molecule has 2 heterocycles. The van der Waals surface area contributed by atoms with E-state index in [4.69, 9.17) is 18.9 Å². The summed E-state index contributed by atoms with van der Waals surface area (Å²) in [6.07, 6.45) is -10.1. The molecule has 4 fully saturated rings. The summed E-state index contributed by atoms with van der Waals surface area (Å²) in [4.78, 5) is 0. The second kappa shape index (κ2) is 11.9. The second-order valence-electron chi connectivity index (χ2n) is 12.6. The zero-order valence-corrected chi connectivity index (χ0v) is 22.9. The first-order chi connectivity index (χ1) is 18.2. The van der Waals surface area contributed by atoms with Crippen molar-refractivity contribution in [1.82, 2.24) is 0 Å². The molecule has 0 spiro atoms. The monoisotopic (exact) mass is 562 g/mol. The van der Waals surface area contributed by atoms with Gasteiger partial charge in [0, 0.05) is 0 Å². The molecular formula is C27H46O12. The lowest BCUT2D eigenvalue weighted by atomic mass is 9.54. The molecule has 39 heavy (non-hydrogen) atoms. The quantitative estimate of drug-likeness (QED) is 0.133. The molecule has 2 saturated heterocycles. The van der Waals surface area contributed by atoms with Gasteiger partial charge >= 0.3 is 0 Å². The Bertz CT molecular complexity index is 851. The van der Waals surface area contributed by atoms with E-state index in [1.807, 2.05) is 13.8 Å². The maximum absolute atomic E-state index is 10.5. The zero-order valence-electron chi connectivity index (χ0n) is 22.9. The van der Waals surface area contributed by atoms with E-state index in [-0.39, 0.29) is 23.4 Å². The molecule has 0 aromatic rings. The molecule has 14 unspecified atom stereocenters. The molecular weight excluding hydrogens is 516 g/mol. The van der Waals surface area contributed by atoms with E-state index >= 15 is 0 Å². The third kappa shape index (κ3) is 6.08. The first-order valence-electron chi connectivity index (χ1n) is 13.8. The SMILES string of the molecule is C=C1CC(OC2OC(CO)C(O)C(O)C2O)CC2(C)CCC(C(C)(C)OC3OC(CO)C(O)C(O)C3O)CC12. The maximum Gasteiger partial charge on any atom is 0.187 e. The largest absolute Gasteiger partial charge is 0.394 e. The van der Waals surface area contributed by atoms with Crippen LogP contribution in [0.3, 0.4) is 0 Å². The fourth-order valence-corrected chi connectivity index (χ4v) is 6.95. The van der Waals surface area contributed by atoms with Gasteiger partial charge in [0.15, 0.2) is 12.6 Å². The molecule has 8 N–H and O–H groups in total. The van der Waals surface area contributed by atoms with Crippen molar-refractivity contribution in [3.05, 3.63) is 12.2 Å². The highest BCUT2D eigenvalue weighted by Gasteiger charge is 2.53. The maximum atomic E-state index is 10.5. The van der Waals surface area contributed by atoms with Crippen LogP contribution >= 0.6 is 0 Å². The van der Waals surface area contributed by atoms with Crippen LogP contribution in [0.15, 0.2) is 12.2 Å². The molecule has 0 radical (unpaired) electrons. The smallest absolute Gasteiger partial charge is 0.187 e. The summed E-state index contributed by atoms with van der Waals surface area (Å²) < 4.78 is 23.4. The van der Waals surface area contributed by atoms with Crippen LogP contribution in [0.4, 0.5) is 0 Å². The molecule has 4 aliphatic rings. The van der Waals surface area contributed by atoms with Crippen LogP contribution in [0.5, 0.6) is 0 Å². The Morgan fingerprint density at radius 1 is 0.872 bits per heavy atom. The van der Waals surface area contributed by atoms with Gasteiger partial charge in [0.1, 0.15) is 48.8 Å². The molecule has 12 heteroatoms. The average molecular weight is 563 g/mol. The Hall–Kier alpha value is -0.740. The van der Waals surface area contributed by atoms with E-state index < -0.39 is 80.2 Å². The normalized spacial score (nSPS) is 49.5. The molecule has 2 aliphatic carbocycles. The summed E-state index contributed by atoms with van der Waals surface area (Å²) in [5, 5.41) is 80.2. The first kappa shape index (κ1) is 31.2. The third-order valence-electron chi connectivity index (χ3n) is 9.53. The number of ether oxygens (including phenoxy) is 4. The van der Waals surface area contributed by atoms with Crippen LogP contribution in [0.1, 0.15) is 52.9 Å². The fraction of sp³-hybridized carbons (Fsp3) is 0.926. The van der Waals surface area contributed by atoms with Crippen molar-refractivity contribution in [2.24, 2.45) is 17.3 Å². The Morgan fingerprint density at radius 2 is 1.41 bits per heavy atom. The van der Waals surface area contributed by atoms with Crippen molar-refractivity contribution in [2.75, 3.05) is 13.2 Å². The number of fused-ring (bicyclic) bond motifs is 1. The summed E-state index contributed by atoms with van der Waals surface area (Å²) in [5.41, 5.74) is 0.0506. The van der Waals surface area contributed by atoms with Gasteiger partial charge in [-0.3, -0.25) is 0 Å². The van der Waals surface area contributed by atoms with Gasteiger partial charge in [0.25, 0.3) is 0 Å².